The van der Waals surface area contributed by atoms with Gasteiger partial charge in [0.2, 0.25) is 0 Å². The first-order valence-corrected chi connectivity index (χ1v) is 11.5. The molecule has 1 atom stereocenters. The number of aromatic nitrogens is 2. The Morgan fingerprint density at radius 3 is 2.52 bits per heavy atom. The summed E-state index contributed by atoms with van der Waals surface area (Å²) in [5.74, 6) is -0.727. The Kier molecular flexibility index (Phi) is 7.34. The number of ether oxygens (including phenoxy) is 1. The Morgan fingerprint density at radius 2 is 1.85 bits per heavy atom. The lowest BCUT2D eigenvalue weighted by atomic mass is 9.98. The summed E-state index contributed by atoms with van der Waals surface area (Å²) >= 11 is 0. The van der Waals surface area contributed by atoms with Crippen LogP contribution >= 0.6 is 0 Å². The molecule has 1 N–H and O–H groups in total. The third-order valence-electron chi connectivity index (χ3n) is 5.78. The van der Waals surface area contributed by atoms with E-state index in [1.165, 1.54) is 11.1 Å². The number of nitrogens with zero attached hydrogens (tertiary/aromatic N) is 3. The first-order valence-electron chi connectivity index (χ1n) is 11.5. The minimum Gasteiger partial charge on any atom is -0.458 e. The molecule has 0 saturated carbocycles. The molecule has 0 aliphatic carbocycles. The van der Waals surface area contributed by atoms with E-state index in [-0.39, 0.29) is 12.2 Å². The predicted molar refractivity (Wildman–Crippen MR) is 130 cm³/mol. The number of fused-ring (bicyclic) bond motifs is 5. The highest BCUT2D eigenvalue weighted by Crippen LogP contribution is 2.36. The molecule has 0 saturated heterocycles. The van der Waals surface area contributed by atoms with Gasteiger partial charge in [0.25, 0.3) is 5.56 Å². The molecule has 0 radical (unpaired) electrons. The van der Waals surface area contributed by atoms with E-state index in [2.05, 4.69) is 24.0 Å². The van der Waals surface area contributed by atoms with Gasteiger partial charge in [-0.05, 0) is 50.3 Å². The highest BCUT2D eigenvalue weighted by atomic mass is 16.5. The molecule has 4 heterocycles. The fourth-order valence-corrected chi connectivity index (χ4v) is 4.29. The molecule has 2 aliphatic heterocycles. The summed E-state index contributed by atoms with van der Waals surface area (Å²) in [5, 5.41) is 11.3. The predicted octanol–water partition coefficient (Wildman–Crippen LogP) is 3.94. The van der Waals surface area contributed by atoms with Crippen molar-refractivity contribution in [3.8, 4) is 11.4 Å². The van der Waals surface area contributed by atoms with Crippen LogP contribution in [0.2, 0.25) is 0 Å². The van der Waals surface area contributed by atoms with Crippen molar-refractivity contribution in [2.45, 2.75) is 60.4 Å². The second-order valence-electron chi connectivity index (χ2n) is 8.03. The molecule has 2 aliphatic rings. The number of esters is 1. The van der Waals surface area contributed by atoms with Gasteiger partial charge < -0.3 is 19.3 Å². The summed E-state index contributed by atoms with van der Waals surface area (Å²) in [6, 6.07) is 7.89. The second-order valence-corrected chi connectivity index (χ2v) is 8.03. The lowest BCUT2D eigenvalue weighted by molar-refractivity contribution is -0.157. The fraction of sp³-hybridized carbons (Fsp3) is 0.423. The summed E-state index contributed by atoms with van der Waals surface area (Å²) in [5.41, 5.74) is 6.03. The smallest absolute Gasteiger partial charge is 0.340 e. The number of carbonyl (C=O) groups excluding carboxylic acids is 1. The first kappa shape index (κ1) is 24.6. The maximum Gasteiger partial charge on any atom is 0.340 e. The van der Waals surface area contributed by atoms with Crippen LogP contribution in [0.25, 0.3) is 22.3 Å². The van der Waals surface area contributed by atoms with E-state index in [0.717, 1.165) is 28.7 Å². The summed E-state index contributed by atoms with van der Waals surface area (Å²) in [4.78, 5) is 31.7. The van der Waals surface area contributed by atoms with Gasteiger partial charge >= 0.3 is 5.97 Å². The second kappa shape index (κ2) is 9.85. The highest BCUT2D eigenvalue weighted by molar-refractivity contribution is 5.88. The highest BCUT2D eigenvalue weighted by Gasteiger charge is 2.33. The number of hydrogen-bond acceptors (Lipinski definition) is 6. The standard InChI is InChI=1S/C22H21N3O4.2C2H6/c1-11-4-5-17-13(15(11)9-24(2)3)6-12-8-25-18(19(12)23-17)7-14-16(21(25)27)10-29-22(28)20(14)26;2*1-2/h4-7,20,26H,8-10H2,1-3H3;2*1-2H3. The van der Waals surface area contributed by atoms with Crippen molar-refractivity contribution in [1.82, 2.24) is 14.5 Å². The normalized spacial score (nSPS) is 15.5. The van der Waals surface area contributed by atoms with Gasteiger partial charge in [-0.1, -0.05) is 33.8 Å². The van der Waals surface area contributed by atoms with Gasteiger partial charge in [-0.15, -0.1) is 0 Å². The molecule has 0 fully saturated rings. The van der Waals surface area contributed by atoms with E-state index in [4.69, 9.17) is 9.72 Å². The van der Waals surface area contributed by atoms with Crippen LogP contribution in [0, 0.1) is 6.92 Å². The third kappa shape index (κ3) is 4.18. The van der Waals surface area contributed by atoms with Crippen molar-refractivity contribution in [3.05, 3.63) is 62.4 Å². The van der Waals surface area contributed by atoms with E-state index in [1.807, 2.05) is 47.9 Å². The largest absolute Gasteiger partial charge is 0.458 e. The van der Waals surface area contributed by atoms with Gasteiger partial charge in [0.15, 0.2) is 6.10 Å². The zero-order valence-electron chi connectivity index (χ0n) is 20.5. The molecule has 1 unspecified atom stereocenters. The summed E-state index contributed by atoms with van der Waals surface area (Å²) < 4.78 is 6.59. The molecule has 7 heteroatoms. The molecule has 0 bridgehead atoms. The van der Waals surface area contributed by atoms with Crippen LogP contribution < -0.4 is 5.56 Å². The van der Waals surface area contributed by atoms with Crippen molar-refractivity contribution >= 4 is 16.9 Å². The van der Waals surface area contributed by atoms with Crippen LogP contribution in [0.4, 0.5) is 0 Å². The fourth-order valence-electron chi connectivity index (χ4n) is 4.29. The van der Waals surface area contributed by atoms with Crippen molar-refractivity contribution in [3.63, 3.8) is 0 Å². The quantitative estimate of drug-likeness (QED) is 0.465. The SMILES string of the molecule is CC.CC.Cc1ccc2nc3c(cc2c1CN(C)C)Cn1c-3cc2c(c1=O)COC(=O)C2O. The molecule has 2 aromatic heterocycles. The van der Waals surface area contributed by atoms with Crippen molar-refractivity contribution in [1.29, 1.82) is 0 Å². The molecule has 176 valence electrons. The van der Waals surface area contributed by atoms with E-state index in [1.54, 1.807) is 10.6 Å². The Hall–Kier alpha value is -3.03. The van der Waals surface area contributed by atoms with Gasteiger partial charge in [0, 0.05) is 23.1 Å². The van der Waals surface area contributed by atoms with E-state index in [9.17, 15) is 14.7 Å². The maximum absolute atomic E-state index is 13.0. The van der Waals surface area contributed by atoms with Crippen LogP contribution in [0.1, 0.15) is 61.6 Å². The van der Waals surface area contributed by atoms with Crippen molar-refractivity contribution < 1.29 is 14.6 Å². The molecular weight excluding hydrogens is 418 g/mol. The van der Waals surface area contributed by atoms with Gasteiger partial charge in [-0.25, -0.2) is 9.78 Å². The van der Waals surface area contributed by atoms with E-state index < -0.39 is 12.1 Å². The Balaban J connectivity index is 0.000000728. The zero-order valence-corrected chi connectivity index (χ0v) is 20.5. The molecular formula is C26H33N3O4. The molecule has 7 nitrogen and oxygen atoms in total. The maximum atomic E-state index is 13.0. The lowest BCUT2D eigenvalue weighted by Crippen LogP contribution is -2.32. The number of cyclic esters (lactones) is 1. The third-order valence-corrected chi connectivity index (χ3v) is 5.78. The number of aliphatic hydroxyl groups excluding tert-OH is 1. The van der Waals surface area contributed by atoms with Crippen LogP contribution in [0.15, 0.2) is 29.1 Å². The van der Waals surface area contributed by atoms with Gasteiger partial charge in [0.1, 0.15) is 6.61 Å². The first-order chi connectivity index (χ1) is 15.8. The molecule has 0 spiro atoms. The van der Waals surface area contributed by atoms with Crippen LogP contribution in [0.5, 0.6) is 0 Å². The Morgan fingerprint density at radius 1 is 1.15 bits per heavy atom. The topological polar surface area (TPSA) is 84.7 Å². The van der Waals surface area contributed by atoms with Crippen molar-refractivity contribution in [2.24, 2.45) is 0 Å². The number of carbonyl (C=O) groups is 1. The summed E-state index contributed by atoms with van der Waals surface area (Å²) in [6.07, 6.45) is -1.43. The summed E-state index contributed by atoms with van der Waals surface area (Å²) in [7, 11) is 4.07. The Labute approximate surface area is 194 Å². The number of benzene rings is 1. The van der Waals surface area contributed by atoms with Crippen molar-refractivity contribution in [2.75, 3.05) is 14.1 Å². The average Bonchev–Trinajstić information content (AvgIpc) is 3.18. The van der Waals surface area contributed by atoms with Gasteiger partial charge in [0.05, 0.1) is 29.0 Å². The zero-order chi connectivity index (χ0) is 24.4. The number of aryl methyl sites for hydroxylation is 1. The average molecular weight is 452 g/mol. The lowest BCUT2D eigenvalue weighted by Gasteiger charge is -2.21. The molecule has 33 heavy (non-hydrogen) atoms. The molecule has 5 rings (SSSR count). The van der Waals surface area contributed by atoms with Gasteiger partial charge in [-0.3, -0.25) is 4.79 Å². The monoisotopic (exact) mass is 451 g/mol. The van der Waals surface area contributed by atoms with Crippen LogP contribution in [-0.2, 0) is 29.2 Å². The number of aliphatic hydroxyl groups is 1. The van der Waals surface area contributed by atoms with Crippen LogP contribution in [-0.4, -0.2) is 39.6 Å². The number of pyridine rings is 2. The Bertz CT molecular complexity index is 1260. The number of rotatable bonds is 2. The number of hydrogen-bond donors (Lipinski definition) is 1. The summed E-state index contributed by atoms with van der Waals surface area (Å²) in [6.45, 7) is 11.2. The molecule has 3 aromatic rings. The van der Waals surface area contributed by atoms with E-state index >= 15 is 0 Å². The molecule has 1 aromatic carbocycles. The van der Waals surface area contributed by atoms with Gasteiger partial charge in [-0.2, -0.15) is 0 Å². The molecule has 0 amide bonds. The minimum atomic E-state index is -1.43. The van der Waals surface area contributed by atoms with E-state index in [0.29, 0.717) is 23.4 Å². The van der Waals surface area contributed by atoms with Crippen LogP contribution in [0.3, 0.4) is 0 Å². The minimum absolute atomic E-state index is 0.109.